The number of carbonyl (C=O) groups is 1. The molecule has 5 aromatic rings. The Hall–Kier alpha value is -2.95. The largest absolute Gasteiger partial charge is 0.444 e. The summed E-state index contributed by atoms with van der Waals surface area (Å²) in [5.41, 5.74) is 0.894. The maximum Gasteiger partial charge on any atom is 0.410 e. The number of likely N-dealkylation sites (tertiary alicyclic amines) is 1. The minimum atomic E-state index is -2.01. The van der Waals surface area contributed by atoms with E-state index in [4.69, 9.17) is 49.1 Å². The average Bonchev–Trinajstić information content (AvgIpc) is 3.47. The van der Waals surface area contributed by atoms with Gasteiger partial charge >= 0.3 is 6.09 Å². The highest BCUT2D eigenvalue weighted by Crippen LogP contribution is 2.44. The maximum absolute atomic E-state index is 16.8. The highest BCUT2D eigenvalue weighted by molar-refractivity contribution is 6.74. The van der Waals surface area contributed by atoms with Gasteiger partial charge in [0, 0.05) is 40.6 Å². The highest BCUT2D eigenvalue weighted by Gasteiger charge is 2.39. The number of halogens is 4. The second kappa shape index (κ2) is 13.5. The summed E-state index contributed by atoms with van der Waals surface area (Å²) in [6, 6.07) is 12.6. The van der Waals surface area contributed by atoms with Crippen molar-refractivity contribution in [3.05, 3.63) is 69.7 Å². The Morgan fingerprint density at radius 2 is 1.72 bits per heavy atom. The summed E-state index contributed by atoms with van der Waals surface area (Å²) in [4.78, 5) is 19.8. The first-order valence-corrected chi connectivity index (χ1v) is 21.1. The lowest BCUT2D eigenvalue weighted by Gasteiger charge is -2.41. The smallest absolute Gasteiger partial charge is 0.410 e. The van der Waals surface area contributed by atoms with E-state index < -0.39 is 19.7 Å². The van der Waals surface area contributed by atoms with Crippen molar-refractivity contribution in [2.75, 3.05) is 13.2 Å². The molecular formula is C38H44Cl3FN4O3Si. The molecule has 2 atom stereocenters. The topological polar surface area (TPSA) is 69.5 Å². The van der Waals surface area contributed by atoms with Crippen LogP contribution in [0.4, 0.5) is 9.18 Å². The second-order valence-corrected chi connectivity index (χ2v) is 21.7. The van der Waals surface area contributed by atoms with Gasteiger partial charge in [0.05, 0.1) is 28.2 Å². The molecule has 0 radical (unpaired) electrons. The van der Waals surface area contributed by atoms with E-state index in [0.29, 0.717) is 64.7 Å². The Kier molecular flexibility index (Phi) is 9.98. The van der Waals surface area contributed by atoms with Crippen molar-refractivity contribution in [1.82, 2.24) is 19.7 Å². The molecule has 1 amide bonds. The molecule has 50 heavy (non-hydrogen) atoms. The lowest BCUT2D eigenvalue weighted by Crippen LogP contribution is -2.49. The van der Waals surface area contributed by atoms with Gasteiger partial charge in [-0.1, -0.05) is 85.9 Å². The number of piperidine rings is 1. The van der Waals surface area contributed by atoms with Crippen LogP contribution >= 0.6 is 34.8 Å². The van der Waals surface area contributed by atoms with Gasteiger partial charge in [0.15, 0.2) is 14.1 Å². The van der Waals surface area contributed by atoms with Crippen molar-refractivity contribution in [2.24, 2.45) is 0 Å². The van der Waals surface area contributed by atoms with Crippen LogP contribution in [0.15, 0.2) is 48.7 Å². The number of aromatic nitrogens is 3. The van der Waals surface area contributed by atoms with E-state index in [-0.39, 0.29) is 44.5 Å². The highest BCUT2D eigenvalue weighted by atomic mass is 35.5. The molecule has 3 aromatic carbocycles. The van der Waals surface area contributed by atoms with Gasteiger partial charge in [-0.15, -0.1) is 0 Å². The zero-order valence-corrected chi connectivity index (χ0v) is 33.1. The number of rotatable bonds is 6. The third-order valence-electron chi connectivity index (χ3n) is 10.2. The summed E-state index contributed by atoms with van der Waals surface area (Å²) in [6.45, 7) is 17.7. The predicted octanol–water partition coefficient (Wildman–Crippen LogP) is 11.9. The van der Waals surface area contributed by atoms with Crippen LogP contribution in [0.1, 0.15) is 66.8 Å². The van der Waals surface area contributed by atoms with Crippen molar-refractivity contribution in [2.45, 2.75) is 96.6 Å². The van der Waals surface area contributed by atoms with E-state index in [9.17, 15) is 4.79 Å². The Balaban J connectivity index is 1.41. The molecule has 7 nitrogen and oxygen atoms in total. The van der Waals surface area contributed by atoms with Crippen LogP contribution in [-0.4, -0.2) is 58.9 Å². The summed E-state index contributed by atoms with van der Waals surface area (Å²) >= 11 is 20.3. The Bertz CT molecular complexity index is 2100. The maximum atomic E-state index is 16.8. The van der Waals surface area contributed by atoms with E-state index >= 15 is 4.39 Å². The SMILES string of the molecule is CC(C)(C)OC(=O)N1CC[C@H](n2ncc3c(Cl)nc4c(F)c(-c5cccc6cccc(Cl)c56)c(Cl)cc4c32)C[C@H]1CCO[Si](C)(C)C(C)(C)C. The van der Waals surface area contributed by atoms with Crippen molar-refractivity contribution in [3.8, 4) is 11.1 Å². The predicted molar refractivity (Wildman–Crippen MR) is 206 cm³/mol. The summed E-state index contributed by atoms with van der Waals surface area (Å²) < 4.78 is 31.1. The lowest BCUT2D eigenvalue weighted by molar-refractivity contribution is 0.00199. The molecule has 0 saturated carbocycles. The fraction of sp³-hybridized carbons (Fsp3) is 0.447. The minimum absolute atomic E-state index is 0.0611. The normalized spacial score (nSPS) is 17.6. The van der Waals surface area contributed by atoms with Crippen LogP contribution in [0.25, 0.3) is 43.7 Å². The van der Waals surface area contributed by atoms with Crippen LogP contribution in [0.3, 0.4) is 0 Å². The first-order valence-electron chi connectivity index (χ1n) is 17.0. The number of ether oxygens (including phenoxy) is 1. The van der Waals surface area contributed by atoms with Crippen molar-refractivity contribution < 1.29 is 18.3 Å². The monoisotopic (exact) mass is 756 g/mol. The van der Waals surface area contributed by atoms with Gasteiger partial charge in [-0.2, -0.15) is 5.10 Å². The quantitative estimate of drug-likeness (QED) is 0.127. The number of benzene rings is 3. The van der Waals surface area contributed by atoms with Crippen LogP contribution in [0.2, 0.25) is 33.3 Å². The molecule has 0 unspecified atom stereocenters. The van der Waals surface area contributed by atoms with Gasteiger partial charge in [-0.3, -0.25) is 4.68 Å². The van der Waals surface area contributed by atoms with E-state index in [1.807, 2.05) is 60.7 Å². The van der Waals surface area contributed by atoms with Gasteiger partial charge in [0.1, 0.15) is 16.3 Å². The summed E-state index contributed by atoms with van der Waals surface area (Å²) in [5.74, 6) is -0.586. The zero-order valence-electron chi connectivity index (χ0n) is 29.8. The number of nitrogens with zero attached hydrogens (tertiary/aromatic N) is 4. The zero-order chi connectivity index (χ0) is 36.3. The third-order valence-corrected chi connectivity index (χ3v) is 15.6. The molecule has 0 bridgehead atoms. The number of hydrogen-bond donors (Lipinski definition) is 0. The third kappa shape index (κ3) is 6.96. The molecular weight excluding hydrogens is 714 g/mol. The van der Waals surface area contributed by atoms with Crippen LogP contribution < -0.4 is 0 Å². The molecule has 1 saturated heterocycles. The number of carbonyl (C=O) groups excluding carboxylic acids is 1. The number of amides is 1. The summed E-state index contributed by atoms with van der Waals surface area (Å²) in [5, 5.41) is 8.39. The number of pyridine rings is 1. The molecule has 12 heteroatoms. The molecule has 0 spiro atoms. The molecule has 0 aliphatic carbocycles. The summed E-state index contributed by atoms with van der Waals surface area (Å²) in [6.07, 6.45) is 3.18. The van der Waals surface area contributed by atoms with Crippen LogP contribution in [0.5, 0.6) is 0 Å². The van der Waals surface area contributed by atoms with Gasteiger partial charge < -0.3 is 14.1 Å². The van der Waals surface area contributed by atoms with Gasteiger partial charge in [-0.05, 0) is 81.2 Å². The Morgan fingerprint density at radius 1 is 1.02 bits per heavy atom. The molecule has 2 aromatic heterocycles. The Morgan fingerprint density at radius 3 is 2.40 bits per heavy atom. The summed E-state index contributed by atoms with van der Waals surface area (Å²) in [7, 11) is -2.01. The van der Waals surface area contributed by atoms with Gasteiger partial charge in [-0.25, -0.2) is 14.2 Å². The minimum Gasteiger partial charge on any atom is -0.444 e. The first kappa shape index (κ1) is 36.8. The molecule has 1 aliphatic heterocycles. The molecule has 3 heterocycles. The van der Waals surface area contributed by atoms with E-state index in [1.165, 1.54) is 0 Å². The van der Waals surface area contributed by atoms with Crippen molar-refractivity contribution >= 4 is 81.8 Å². The first-order chi connectivity index (χ1) is 23.4. The molecule has 6 rings (SSSR count). The molecule has 1 aliphatic rings. The number of hydrogen-bond acceptors (Lipinski definition) is 5. The Labute approximate surface area is 309 Å². The standard InChI is InChI=1S/C38H44Cl3FN4O3Si/c1-37(2,3)49-36(47)45-17-15-24(19-23(45)16-18-48-50(7,8)38(4,5)6)46-34-26-20-29(40)31(32(42)33(26)44-35(41)27(34)21-43-46)25-13-9-11-22-12-10-14-28(39)30(22)25/h9-14,20-21,23-24H,15-19H2,1-8H3/t23-,24+/m1/s1. The van der Waals surface area contributed by atoms with Crippen molar-refractivity contribution in [1.29, 1.82) is 0 Å². The molecule has 0 N–H and O–H groups in total. The van der Waals surface area contributed by atoms with Gasteiger partial charge in [0.25, 0.3) is 0 Å². The van der Waals surface area contributed by atoms with Crippen LogP contribution in [-0.2, 0) is 9.16 Å². The average molecular weight is 758 g/mol. The van der Waals surface area contributed by atoms with Gasteiger partial charge in [0.2, 0.25) is 0 Å². The fourth-order valence-electron chi connectivity index (χ4n) is 6.62. The lowest BCUT2D eigenvalue weighted by atomic mass is 9.94. The number of fused-ring (bicyclic) bond motifs is 4. The molecule has 266 valence electrons. The van der Waals surface area contributed by atoms with Crippen molar-refractivity contribution in [3.63, 3.8) is 0 Å². The fourth-order valence-corrected chi connectivity index (χ4v) is 8.48. The van der Waals surface area contributed by atoms with E-state index in [0.717, 1.165) is 5.39 Å². The van der Waals surface area contributed by atoms with Crippen LogP contribution in [0, 0.1) is 5.82 Å². The molecule has 1 fully saturated rings. The second-order valence-electron chi connectivity index (χ2n) is 15.7. The van der Waals surface area contributed by atoms with E-state index in [2.05, 4.69) is 38.8 Å². The van der Waals surface area contributed by atoms with E-state index in [1.54, 1.807) is 18.3 Å².